The molecule has 0 saturated carbocycles. The van der Waals surface area contributed by atoms with Gasteiger partial charge in [0.1, 0.15) is 10.8 Å². The Balaban J connectivity index is 2.21. The number of carbonyl (C=O) groups is 1. The highest BCUT2D eigenvalue weighted by atomic mass is 35.5. The first kappa shape index (κ1) is 12.6. The van der Waals surface area contributed by atoms with Crippen LogP contribution in [-0.4, -0.2) is 10.9 Å². The Labute approximate surface area is 111 Å². The molecule has 0 unspecified atom stereocenters. The summed E-state index contributed by atoms with van der Waals surface area (Å²) in [4.78, 5) is 15.9. The van der Waals surface area contributed by atoms with Crippen LogP contribution in [0.5, 0.6) is 0 Å². The highest BCUT2D eigenvalue weighted by molar-refractivity contribution is 6.29. The van der Waals surface area contributed by atoms with Crippen LogP contribution in [0.15, 0.2) is 36.4 Å². The minimum atomic E-state index is -0.260. The number of halogens is 1. The molecule has 0 saturated heterocycles. The van der Waals surface area contributed by atoms with E-state index in [-0.39, 0.29) is 5.91 Å². The zero-order chi connectivity index (χ0) is 13.1. The summed E-state index contributed by atoms with van der Waals surface area (Å²) >= 11 is 5.75. The number of nitrogens with zero attached hydrogens (tertiary/aromatic N) is 1. The molecule has 0 aliphatic heterocycles. The van der Waals surface area contributed by atoms with Crippen molar-refractivity contribution >= 4 is 23.2 Å². The van der Waals surface area contributed by atoms with Gasteiger partial charge in [0.15, 0.2) is 0 Å². The summed E-state index contributed by atoms with van der Waals surface area (Å²) in [6, 6.07) is 10.8. The number of amides is 1. The van der Waals surface area contributed by atoms with Gasteiger partial charge < -0.3 is 5.32 Å². The summed E-state index contributed by atoms with van der Waals surface area (Å²) in [5, 5.41) is 3.13. The van der Waals surface area contributed by atoms with E-state index in [4.69, 9.17) is 11.6 Å². The molecular weight excluding hydrogens is 248 g/mol. The largest absolute Gasteiger partial charge is 0.320 e. The number of aryl methyl sites for hydroxylation is 2. The Hall–Kier alpha value is -1.87. The fraction of sp³-hybridized carbons (Fsp3) is 0.143. The lowest BCUT2D eigenvalue weighted by atomic mass is 10.1. The van der Waals surface area contributed by atoms with E-state index >= 15 is 0 Å². The van der Waals surface area contributed by atoms with Crippen LogP contribution in [0.1, 0.15) is 21.6 Å². The third kappa shape index (κ3) is 2.87. The Kier molecular flexibility index (Phi) is 3.63. The maximum absolute atomic E-state index is 12.0. The summed E-state index contributed by atoms with van der Waals surface area (Å²) < 4.78 is 0. The lowest BCUT2D eigenvalue weighted by Gasteiger charge is -2.08. The maximum atomic E-state index is 12.0. The van der Waals surface area contributed by atoms with Gasteiger partial charge in [-0.1, -0.05) is 35.4 Å². The van der Waals surface area contributed by atoms with Crippen LogP contribution in [-0.2, 0) is 0 Å². The molecule has 1 N–H and O–H groups in total. The van der Waals surface area contributed by atoms with E-state index in [0.717, 1.165) is 16.8 Å². The summed E-state index contributed by atoms with van der Waals surface area (Å²) in [5.74, 6) is -0.260. The first-order chi connectivity index (χ1) is 8.56. The number of rotatable bonds is 2. The van der Waals surface area contributed by atoms with E-state index < -0.39 is 0 Å². The first-order valence-electron chi connectivity index (χ1n) is 5.57. The molecule has 4 heteroatoms. The molecule has 1 heterocycles. The second kappa shape index (κ2) is 5.19. The SMILES string of the molecule is Cc1ccc(NC(=O)c2cccc(Cl)n2)c(C)c1. The third-order valence-electron chi connectivity index (χ3n) is 2.58. The predicted molar refractivity (Wildman–Crippen MR) is 73.1 cm³/mol. The molecule has 3 nitrogen and oxygen atoms in total. The topological polar surface area (TPSA) is 42.0 Å². The molecule has 2 rings (SSSR count). The summed E-state index contributed by atoms with van der Waals surface area (Å²) in [6.07, 6.45) is 0. The molecule has 0 radical (unpaired) electrons. The van der Waals surface area contributed by atoms with Crippen molar-refractivity contribution in [3.05, 3.63) is 58.4 Å². The summed E-state index contributed by atoms with van der Waals surface area (Å²) in [5.41, 5.74) is 3.27. The molecule has 0 aliphatic carbocycles. The molecule has 0 aliphatic rings. The minimum absolute atomic E-state index is 0.260. The van der Waals surface area contributed by atoms with Crippen LogP contribution in [0.2, 0.25) is 5.15 Å². The number of hydrogen-bond donors (Lipinski definition) is 1. The fourth-order valence-corrected chi connectivity index (χ4v) is 1.84. The molecule has 1 aromatic heterocycles. The number of carbonyl (C=O) groups excluding carboxylic acids is 1. The summed E-state index contributed by atoms with van der Waals surface area (Å²) in [6.45, 7) is 3.96. The lowest BCUT2D eigenvalue weighted by molar-refractivity contribution is 0.102. The summed E-state index contributed by atoms with van der Waals surface area (Å²) in [7, 11) is 0. The van der Waals surface area contributed by atoms with E-state index in [9.17, 15) is 4.79 Å². The number of benzene rings is 1. The third-order valence-corrected chi connectivity index (χ3v) is 2.79. The second-order valence-corrected chi connectivity index (χ2v) is 4.51. The van der Waals surface area contributed by atoms with E-state index in [1.54, 1.807) is 18.2 Å². The van der Waals surface area contributed by atoms with Crippen molar-refractivity contribution in [1.82, 2.24) is 4.98 Å². The van der Waals surface area contributed by atoms with Crippen molar-refractivity contribution in [2.75, 3.05) is 5.32 Å². The molecule has 18 heavy (non-hydrogen) atoms. The average molecular weight is 261 g/mol. The maximum Gasteiger partial charge on any atom is 0.274 e. The number of nitrogens with one attached hydrogen (secondary N) is 1. The molecule has 0 atom stereocenters. The van der Waals surface area contributed by atoms with Gasteiger partial charge in [-0.15, -0.1) is 0 Å². The van der Waals surface area contributed by atoms with Gasteiger partial charge in [0.05, 0.1) is 0 Å². The quantitative estimate of drug-likeness (QED) is 0.839. The van der Waals surface area contributed by atoms with Gasteiger partial charge in [-0.3, -0.25) is 4.79 Å². The number of pyridine rings is 1. The average Bonchev–Trinajstić information content (AvgIpc) is 2.32. The van der Waals surface area contributed by atoms with Gasteiger partial charge >= 0.3 is 0 Å². The monoisotopic (exact) mass is 260 g/mol. The van der Waals surface area contributed by atoms with Crippen LogP contribution >= 0.6 is 11.6 Å². The highest BCUT2D eigenvalue weighted by Crippen LogP contribution is 2.17. The van der Waals surface area contributed by atoms with Crippen molar-refractivity contribution in [1.29, 1.82) is 0 Å². The fourth-order valence-electron chi connectivity index (χ4n) is 1.67. The van der Waals surface area contributed by atoms with Crippen molar-refractivity contribution in [3.8, 4) is 0 Å². The predicted octanol–water partition coefficient (Wildman–Crippen LogP) is 3.60. The Morgan fingerprint density at radius 3 is 2.67 bits per heavy atom. The zero-order valence-corrected chi connectivity index (χ0v) is 11.0. The van der Waals surface area contributed by atoms with Gasteiger partial charge in [0.2, 0.25) is 0 Å². The number of aromatic nitrogens is 1. The Morgan fingerprint density at radius 2 is 2.00 bits per heavy atom. The molecule has 1 aromatic carbocycles. The van der Waals surface area contributed by atoms with E-state index in [2.05, 4.69) is 10.3 Å². The lowest BCUT2D eigenvalue weighted by Crippen LogP contribution is -2.14. The molecule has 0 spiro atoms. The van der Waals surface area contributed by atoms with Crippen LogP contribution in [0.25, 0.3) is 0 Å². The number of hydrogen-bond acceptors (Lipinski definition) is 2. The smallest absolute Gasteiger partial charge is 0.274 e. The van der Waals surface area contributed by atoms with Crippen LogP contribution < -0.4 is 5.32 Å². The van der Waals surface area contributed by atoms with Crippen LogP contribution in [0.3, 0.4) is 0 Å². The molecule has 2 aromatic rings. The molecular formula is C14H13ClN2O. The minimum Gasteiger partial charge on any atom is -0.320 e. The van der Waals surface area contributed by atoms with Crippen LogP contribution in [0.4, 0.5) is 5.69 Å². The van der Waals surface area contributed by atoms with Crippen molar-refractivity contribution in [2.45, 2.75) is 13.8 Å². The van der Waals surface area contributed by atoms with E-state index in [1.807, 2.05) is 32.0 Å². The van der Waals surface area contributed by atoms with E-state index in [1.165, 1.54) is 0 Å². The molecule has 0 fully saturated rings. The molecule has 1 amide bonds. The second-order valence-electron chi connectivity index (χ2n) is 4.12. The van der Waals surface area contributed by atoms with Gasteiger partial charge in [0.25, 0.3) is 5.91 Å². The Bertz CT molecular complexity index is 596. The zero-order valence-electron chi connectivity index (χ0n) is 10.2. The first-order valence-corrected chi connectivity index (χ1v) is 5.95. The van der Waals surface area contributed by atoms with Crippen molar-refractivity contribution in [2.24, 2.45) is 0 Å². The number of anilines is 1. The highest BCUT2D eigenvalue weighted by Gasteiger charge is 2.09. The molecule has 0 bridgehead atoms. The standard InChI is InChI=1S/C14H13ClN2O/c1-9-6-7-11(10(2)8-9)17-14(18)12-4-3-5-13(15)16-12/h3-8H,1-2H3,(H,17,18). The molecule has 92 valence electrons. The van der Waals surface area contributed by atoms with Gasteiger partial charge in [-0.05, 0) is 37.6 Å². The van der Waals surface area contributed by atoms with Gasteiger partial charge in [-0.25, -0.2) is 4.98 Å². The van der Waals surface area contributed by atoms with Crippen molar-refractivity contribution in [3.63, 3.8) is 0 Å². The van der Waals surface area contributed by atoms with Crippen LogP contribution in [0, 0.1) is 13.8 Å². The van der Waals surface area contributed by atoms with E-state index in [0.29, 0.717) is 10.8 Å². The Morgan fingerprint density at radius 1 is 1.22 bits per heavy atom. The van der Waals surface area contributed by atoms with Gasteiger partial charge in [0, 0.05) is 5.69 Å². The van der Waals surface area contributed by atoms with Crippen molar-refractivity contribution < 1.29 is 4.79 Å². The normalized spacial score (nSPS) is 10.2. The van der Waals surface area contributed by atoms with Gasteiger partial charge in [-0.2, -0.15) is 0 Å².